The second kappa shape index (κ2) is 10.6. The number of rotatable bonds is 8. The number of amides is 1. The lowest BCUT2D eigenvalue weighted by atomic mass is 10.1. The Hall–Kier alpha value is -1.95. The van der Waals surface area contributed by atoms with E-state index < -0.39 is 10.0 Å². The normalized spacial score (nSPS) is 12.8. The van der Waals surface area contributed by atoms with Crippen LogP contribution in [0, 0.1) is 5.92 Å². The van der Waals surface area contributed by atoms with E-state index in [-0.39, 0.29) is 11.8 Å². The third-order valence-electron chi connectivity index (χ3n) is 3.50. The molecule has 0 spiro atoms. The van der Waals surface area contributed by atoms with Crippen LogP contribution in [0.3, 0.4) is 0 Å². The van der Waals surface area contributed by atoms with Gasteiger partial charge in [-0.3, -0.25) is 10.2 Å². The van der Waals surface area contributed by atoms with E-state index in [0.29, 0.717) is 12.2 Å². The van der Waals surface area contributed by atoms with Gasteiger partial charge in [-0.2, -0.15) is 5.10 Å². The summed E-state index contributed by atoms with van der Waals surface area (Å²) in [6.45, 7) is 3.86. The summed E-state index contributed by atoms with van der Waals surface area (Å²) in [5.41, 5.74) is 4.68. The Morgan fingerprint density at radius 2 is 1.75 bits per heavy atom. The molecule has 0 unspecified atom stereocenters. The summed E-state index contributed by atoms with van der Waals surface area (Å²) < 4.78 is 3.86. The van der Waals surface area contributed by atoms with Gasteiger partial charge >= 0.3 is 0 Å². The first-order valence-corrected chi connectivity index (χ1v) is 9.84. The minimum absolute atomic E-state index is 0.180. The van der Waals surface area contributed by atoms with Gasteiger partial charge in [-0.1, -0.05) is 66.8 Å². The Morgan fingerprint density at radius 3 is 2.32 bits per heavy atom. The molecule has 1 atom stereocenters. The van der Waals surface area contributed by atoms with Gasteiger partial charge in [-0.05, 0) is 47.9 Å². The number of nitrogens with one attached hydrogen (secondary N) is 2. The predicted molar refractivity (Wildman–Crippen MR) is 116 cm³/mol. The molecule has 2 aromatic carbocycles. The highest BCUT2D eigenvalue weighted by molar-refractivity contribution is 6.68. The molecule has 0 heterocycles. The molecule has 1 amide bonds. The van der Waals surface area contributed by atoms with Crippen molar-refractivity contribution in [3.05, 3.63) is 60.2 Å². The topological polar surface area (TPSA) is 62.7 Å². The van der Waals surface area contributed by atoms with E-state index in [1.54, 1.807) is 30.5 Å². The number of benzene rings is 2. The third-order valence-corrected chi connectivity index (χ3v) is 4.09. The molecule has 8 heteroatoms. The highest BCUT2D eigenvalue weighted by Gasteiger charge is 2.36. The minimum Gasteiger partial charge on any atom is -0.466 e. The molecule has 0 aromatic heterocycles. The van der Waals surface area contributed by atoms with E-state index in [9.17, 15) is 4.79 Å². The zero-order chi connectivity index (χ0) is 20.6. The van der Waals surface area contributed by atoms with Crippen LogP contribution in [0.15, 0.2) is 59.7 Å². The largest absolute Gasteiger partial charge is 0.466 e. The molecule has 150 valence electrons. The maximum Gasteiger partial charge on any atom is 0.246 e. The number of carbonyl (C=O) groups is 1. The number of halogens is 3. The molecule has 0 aliphatic heterocycles. The van der Waals surface area contributed by atoms with Crippen molar-refractivity contribution in [3.8, 4) is 5.75 Å². The van der Waals surface area contributed by atoms with Crippen LogP contribution in [-0.4, -0.2) is 22.1 Å². The van der Waals surface area contributed by atoms with Gasteiger partial charge in [-0.25, -0.2) is 0 Å². The summed E-state index contributed by atoms with van der Waals surface area (Å²) in [7, 11) is 0. The number of hydrogen-bond donors (Lipinski definition) is 2. The fourth-order valence-corrected chi connectivity index (χ4v) is 2.51. The van der Waals surface area contributed by atoms with Gasteiger partial charge in [0.15, 0.2) is 0 Å². The molecule has 2 N–H and O–H groups in total. The van der Waals surface area contributed by atoms with Crippen LogP contribution in [0.2, 0.25) is 0 Å². The van der Waals surface area contributed by atoms with Crippen LogP contribution < -0.4 is 15.5 Å². The Balaban J connectivity index is 1.97. The fraction of sp³-hybridized carbons (Fsp3) is 0.300. The number of hydrazone groups is 1. The van der Waals surface area contributed by atoms with Crippen LogP contribution >= 0.6 is 34.8 Å². The van der Waals surface area contributed by atoms with E-state index in [4.69, 9.17) is 39.5 Å². The quantitative estimate of drug-likeness (QED) is 0.250. The monoisotopic (exact) mass is 441 g/mol. The van der Waals surface area contributed by atoms with Crippen molar-refractivity contribution in [1.82, 2.24) is 5.32 Å². The maximum atomic E-state index is 12.0. The number of hydrogen-bond acceptors (Lipinski definition) is 4. The van der Waals surface area contributed by atoms with Gasteiger partial charge in [0.1, 0.15) is 5.75 Å². The number of anilines is 1. The summed E-state index contributed by atoms with van der Waals surface area (Å²) in [5, 5.41) is 6.78. The van der Waals surface area contributed by atoms with Crippen molar-refractivity contribution in [2.24, 2.45) is 11.0 Å². The SMILES string of the molecule is CC(C)CC(=O)N[C@H](Oc1ccc(/C=N\Nc2ccccc2)cc1)C(Cl)(Cl)Cl. The van der Waals surface area contributed by atoms with Crippen molar-refractivity contribution < 1.29 is 9.53 Å². The lowest BCUT2D eigenvalue weighted by Gasteiger charge is -2.26. The van der Waals surface area contributed by atoms with Crippen molar-refractivity contribution in [2.75, 3.05) is 5.43 Å². The van der Waals surface area contributed by atoms with E-state index in [2.05, 4.69) is 15.8 Å². The molecule has 2 aromatic rings. The Morgan fingerprint density at radius 1 is 1.11 bits per heavy atom. The Kier molecular flexibility index (Phi) is 8.42. The van der Waals surface area contributed by atoms with Crippen molar-refractivity contribution in [2.45, 2.75) is 30.3 Å². The third kappa shape index (κ3) is 7.97. The van der Waals surface area contributed by atoms with Gasteiger partial charge in [0.2, 0.25) is 15.9 Å². The lowest BCUT2D eigenvalue weighted by Crippen LogP contribution is -2.48. The van der Waals surface area contributed by atoms with Crippen LogP contribution in [0.5, 0.6) is 5.75 Å². The van der Waals surface area contributed by atoms with Crippen LogP contribution in [0.4, 0.5) is 5.69 Å². The standard InChI is InChI=1S/C20H22Cl3N3O2/c1-14(2)12-18(27)25-19(20(21,22)23)28-17-10-8-15(9-11-17)13-24-26-16-6-4-3-5-7-16/h3-11,13-14,19,26H,12H2,1-2H3,(H,25,27)/b24-13-/t19-/m1/s1. The zero-order valence-electron chi connectivity index (χ0n) is 15.5. The van der Waals surface area contributed by atoms with Gasteiger partial charge in [-0.15, -0.1) is 0 Å². The molecule has 0 radical (unpaired) electrons. The first-order chi connectivity index (χ1) is 13.2. The lowest BCUT2D eigenvalue weighted by molar-refractivity contribution is -0.124. The number of ether oxygens (including phenoxy) is 1. The molecular formula is C20H22Cl3N3O2. The highest BCUT2D eigenvalue weighted by Crippen LogP contribution is 2.32. The summed E-state index contributed by atoms with van der Waals surface area (Å²) >= 11 is 17.8. The highest BCUT2D eigenvalue weighted by atomic mass is 35.6. The molecule has 0 aliphatic carbocycles. The van der Waals surface area contributed by atoms with E-state index in [0.717, 1.165) is 11.3 Å². The van der Waals surface area contributed by atoms with Gasteiger partial charge in [0.25, 0.3) is 0 Å². The minimum atomic E-state index is -1.81. The van der Waals surface area contributed by atoms with E-state index in [1.165, 1.54) is 0 Å². The molecule has 5 nitrogen and oxygen atoms in total. The van der Waals surface area contributed by atoms with Gasteiger partial charge in [0, 0.05) is 6.42 Å². The summed E-state index contributed by atoms with van der Waals surface area (Å²) in [5.74, 6) is 0.385. The zero-order valence-corrected chi connectivity index (χ0v) is 17.8. The number of para-hydroxylation sites is 1. The first-order valence-electron chi connectivity index (χ1n) is 8.71. The smallest absolute Gasteiger partial charge is 0.246 e. The van der Waals surface area contributed by atoms with Crippen LogP contribution in [0.1, 0.15) is 25.8 Å². The fourth-order valence-electron chi connectivity index (χ4n) is 2.22. The molecule has 0 saturated carbocycles. The van der Waals surface area contributed by atoms with Crippen LogP contribution in [0.25, 0.3) is 0 Å². The molecule has 0 saturated heterocycles. The molecule has 2 rings (SSSR count). The second-order valence-corrected chi connectivity index (χ2v) is 8.88. The average molecular weight is 443 g/mol. The first kappa shape index (κ1) is 22.3. The van der Waals surface area contributed by atoms with Crippen molar-refractivity contribution >= 4 is 52.6 Å². The number of carbonyl (C=O) groups excluding carboxylic acids is 1. The van der Waals surface area contributed by atoms with E-state index >= 15 is 0 Å². The summed E-state index contributed by atoms with van der Waals surface area (Å²) in [6.07, 6.45) is 0.876. The molecule has 0 bridgehead atoms. The molecule has 0 fully saturated rings. The number of nitrogens with zero attached hydrogens (tertiary/aromatic N) is 1. The van der Waals surface area contributed by atoms with Gasteiger partial charge in [0.05, 0.1) is 11.9 Å². The van der Waals surface area contributed by atoms with Crippen molar-refractivity contribution in [3.63, 3.8) is 0 Å². The second-order valence-electron chi connectivity index (χ2n) is 6.51. The Labute approximate surface area is 180 Å². The van der Waals surface area contributed by atoms with Crippen molar-refractivity contribution in [1.29, 1.82) is 0 Å². The van der Waals surface area contributed by atoms with Gasteiger partial charge < -0.3 is 10.1 Å². The molecule has 28 heavy (non-hydrogen) atoms. The number of alkyl halides is 3. The Bertz CT molecular complexity index is 776. The van der Waals surface area contributed by atoms with E-state index in [1.807, 2.05) is 44.2 Å². The summed E-state index contributed by atoms with van der Waals surface area (Å²) in [6, 6.07) is 16.6. The van der Waals surface area contributed by atoms with Crippen LogP contribution in [-0.2, 0) is 4.79 Å². The predicted octanol–water partition coefficient (Wildman–Crippen LogP) is 5.37. The summed E-state index contributed by atoms with van der Waals surface area (Å²) in [4.78, 5) is 12.0. The molecule has 0 aliphatic rings. The average Bonchev–Trinajstić information content (AvgIpc) is 2.62. The maximum absolute atomic E-state index is 12.0. The molecular weight excluding hydrogens is 421 g/mol.